The molecule has 0 bridgehead atoms. The van der Waals surface area contributed by atoms with Gasteiger partial charge in [0.2, 0.25) is 5.91 Å². The van der Waals surface area contributed by atoms with Crippen LogP contribution in [-0.2, 0) is 4.79 Å². The van der Waals surface area contributed by atoms with Gasteiger partial charge in [0.15, 0.2) is 0 Å². The molecule has 0 atom stereocenters. The van der Waals surface area contributed by atoms with Gasteiger partial charge in [0.05, 0.1) is 6.42 Å². The molecular formula is C7H11F3N2O. The molecule has 76 valence electrons. The number of likely N-dealkylation sites (tertiary alicyclic amines) is 1. The summed E-state index contributed by atoms with van der Waals surface area (Å²) in [4.78, 5) is 12.3. The number of nitrogens with zero attached hydrogens (tertiary/aromatic N) is 1. The van der Waals surface area contributed by atoms with Crippen molar-refractivity contribution in [3.8, 4) is 0 Å². The molecule has 0 aromatic rings. The van der Waals surface area contributed by atoms with E-state index < -0.39 is 24.9 Å². The van der Waals surface area contributed by atoms with Crippen molar-refractivity contribution >= 4 is 5.91 Å². The first kappa shape index (κ1) is 10.3. The Balaban J connectivity index is 2.19. The SMILES string of the molecule is NC1CN(C(=O)CCC(F)(F)F)C1. The van der Waals surface area contributed by atoms with Gasteiger partial charge in [-0.05, 0) is 0 Å². The van der Waals surface area contributed by atoms with Crippen molar-refractivity contribution < 1.29 is 18.0 Å². The van der Waals surface area contributed by atoms with Gasteiger partial charge < -0.3 is 10.6 Å². The Morgan fingerprint density at radius 1 is 1.46 bits per heavy atom. The molecule has 1 aliphatic rings. The number of nitrogens with two attached hydrogens (primary N) is 1. The van der Waals surface area contributed by atoms with Crippen LogP contribution in [0.25, 0.3) is 0 Å². The smallest absolute Gasteiger partial charge is 0.339 e. The summed E-state index contributed by atoms with van der Waals surface area (Å²) in [7, 11) is 0. The first-order valence-corrected chi connectivity index (χ1v) is 3.98. The highest BCUT2D eigenvalue weighted by Gasteiger charge is 2.32. The highest BCUT2D eigenvalue weighted by Crippen LogP contribution is 2.22. The molecule has 0 unspecified atom stereocenters. The van der Waals surface area contributed by atoms with E-state index in [-0.39, 0.29) is 6.04 Å². The molecule has 6 heteroatoms. The highest BCUT2D eigenvalue weighted by atomic mass is 19.4. The van der Waals surface area contributed by atoms with Gasteiger partial charge in [-0.3, -0.25) is 4.79 Å². The molecule has 0 radical (unpaired) electrons. The van der Waals surface area contributed by atoms with Gasteiger partial charge in [-0.1, -0.05) is 0 Å². The molecule has 0 saturated carbocycles. The lowest BCUT2D eigenvalue weighted by molar-refractivity contribution is -0.151. The van der Waals surface area contributed by atoms with Crippen LogP contribution in [0.5, 0.6) is 0 Å². The predicted octanol–water partition coefficient (Wildman–Crippen LogP) is 0.498. The number of hydrogen-bond acceptors (Lipinski definition) is 2. The lowest BCUT2D eigenvalue weighted by Gasteiger charge is -2.36. The Bertz CT molecular complexity index is 198. The highest BCUT2D eigenvalue weighted by molar-refractivity contribution is 5.77. The fourth-order valence-electron chi connectivity index (χ4n) is 1.12. The number of alkyl halides is 3. The molecule has 1 amide bonds. The van der Waals surface area contributed by atoms with Crippen molar-refractivity contribution in [2.45, 2.75) is 25.1 Å². The Morgan fingerprint density at radius 2 is 2.00 bits per heavy atom. The average Bonchev–Trinajstić information content (AvgIpc) is 1.93. The van der Waals surface area contributed by atoms with E-state index in [0.717, 1.165) is 0 Å². The summed E-state index contributed by atoms with van der Waals surface area (Å²) < 4.78 is 35.0. The second-order valence-corrected chi connectivity index (χ2v) is 3.17. The van der Waals surface area contributed by atoms with Crippen LogP contribution in [0, 0.1) is 0 Å². The molecule has 1 aliphatic heterocycles. The maximum Gasteiger partial charge on any atom is 0.389 e. The van der Waals surface area contributed by atoms with Crippen molar-refractivity contribution in [1.82, 2.24) is 4.90 Å². The molecule has 1 saturated heterocycles. The van der Waals surface area contributed by atoms with Gasteiger partial charge in [-0.2, -0.15) is 13.2 Å². The van der Waals surface area contributed by atoms with Gasteiger partial charge in [-0.15, -0.1) is 0 Å². The van der Waals surface area contributed by atoms with Crippen molar-refractivity contribution in [2.75, 3.05) is 13.1 Å². The van der Waals surface area contributed by atoms with Gasteiger partial charge in [0, 0.05) is 25.6 Å². The Kier molecular flexibility index (Phi) is 2.80. The summed E-state index contributed by atoms with van der Waals surface area (Å²) in [5.41, 5.74) is 5.37. The standard InChI is InChI=1S/C7H11F3N2O/c8-7(9,10)2-1-6(13)12-3-5(11)4-12/h5H,1-4,11H2. The van der Waals surface area contributed by atoms with Crippen LogP contribution in [-0.4, -0.2) is 36.1 Å². The van der Waals surface area contributed by atoms with Crippen molar-refractivity contribution in [2.24, 2.45) is 5.73 Å². The summed E-state index contributed by atoms with van der Waals surface area (Å²) in [6, 6.07) is -0.0603. The average molecular weight is 196 g/mol. The quantitative estimate of drug-likeness (QED) is 0.699. The van der Waals surface area contributed by atoms with Crippen LogP contribution in [0.4, 0.5) is 13.2 Å². The molecule has 0 aliphatic carbocycles. The molecule has 13 heavy (non-hydrogen) atoms. The van der Waals surface area contributed by atoms with Crippen molar-refractivity contribution in [3.63, 3.8) is 0 Å². The summed E-state index contributed by atoms with van der Waals surface area (Å²) >= 11 is 0. The van der Waals surface area contributed by atoms with E-state index in [2.05, 4.69) is 0 Å². The Labute approximate surface area is 73.7 Å². The molecule has 2 N–H and O–H groups in total. The fraction of sp³-hybridized carbons (Fsp3) is 0.857. The van der Waals surface area contributed by atoms with E-state index in [1.54, 1.807) is 0 Å². The van der Waals surface area contributed by atoms with E-state index in [4.69, 9.17) is 5.73 Å². The first-order valence-electron chi connectivity index (χ1n) is 3.98. The predicted molar refractivity (Wildman–Crippen MR) is 39.8 cm³/mol. The van der Waals surface area contributed by atoms with E-state index in [9.17, 15) is 18.0 Å². The van der Waals surface area contributed by atoms with Crippen molar-refractivity contribution in [3.05, 3.63) is 0 Å². The second kappa shape index (κ2) is 3.53. The van der Waals surface area contributed by atoms with E-state index in [1.807, 2.05) is 0 Å². The molecule has 3 nitrogen and oxygen atoms in total. The minimum atomic E-state index is -4.25. The van der Waals surface area contributed by atoms with Gasteiger partial charge in [0.1, 0.15) is 0 Å². The third-order valence-electron chi connectivity index (χ3n) is 1.88. The Morgan fingerprint density at radius 3 is 2.38 bits per heavy atom. The fourth-order valence-corrected chi connectivity index (χ4v) is 1.12. The minimum Gasteiger partial charge on any atom is -0.339 e. The molecule has 1 fully saturated rings. The van der Waals surface area contributed by atoms with Crippen LogP contribution in [0.3, 0.4) is 0 Å². The summed E-state index contributed by atoms with van der Waals surface area (Å²) in [5, 5.41) is 0. The summed E-state index contributed by atoms with van der Waals surface area (Å²) in [5.74, 6) is -0.459. The number of halogens is 3. The number of carbonyl (C=O) groups is 1. The third-order valence-corrected chi connectivity index (χ3v) is 1.88. The number of hydrogen-bond donors (Lipinski definition) is 1. The third kappa shape index (κ3) is 3.22. The largest absolute Gasteiger partial charge is 0.389 e. The second-order valence-electron chi connectivity index (χ2n) is 3.17. The maximum absolute atomic E-state index is 11.7. The molecule has 1 rings (SSSR count). The monoisotopic (exact) mass is 196 g/mol. The van der Waals surface area contributed by atoms with Crippen LogP contribution in [0.15, 0.2) is 0 Å². The molecular weight excluding hydrogens is 185 g/mol. The van der Waals surface area contributed by atoms with Crippen LogP contribution < -0.4 is 5.73 Å². The van der Waals surface area contributed by atoms with Crippen molar-refractivity contribution in [1.29, 1.82) is 0 Å². The topological polar surface area (TPSA) is 46.3 Å². The zero-order valence-electron chi connectivity index (χ0n) is 6.97. The maximum atomic E-state index is 11.7. The van der Waals surface area contributed by atoms with Gasteiger partial charge in [-0.25, -0.2) is 0 Å². The zero-order valence-corrected chi connectivity index (χ0v) is 6.97. The lowest BCUT2D eigenvalue weighted by atomic mass is 10.1. The Hall–Kier alpha value is -0.780. The lowest BCUT2D eigenvalue weighted by Crippen LogP contribution is -2.57. The number of rotatable bonds is 2. The number of amides is 1. The normalized spacial score (nSPS) is 18.6. The van der Waals surface area contributed by atoms with Crippen LogP contribution >= 0.6 is 0 Å². The molecule has 1 heterocycles. The molecule has 0 aromatic carbocycles. The van der Waals surface area contributed by atoms with Gasteiger partial charge >= 0.3 is 6.18 Å². The summed E-state index contributed by atoms with van der Waals surface area (Å²) in [6.07, 6.45) is -5.75. The van der Waals surface area contributed by atoms with Crippen LogP contribution in [0.1, 0.15) is 12.8 Å². The van der Waals surface area contributed by atoms with E-state index in [1.165, 1.54) is 4.90 Å². The van der Waals surface area contributed by atoms with E-state index >= 15 is 0 Å². The first-order chi connectivity index (χ1) is 5.88. The minimum absolute atomic E-state index is 0.0603. The van der Waals surface area contributed by atoms with E-state index in [0.29, 0.717) is 13.1 Å². The van der Waals surface area contributed by atoms with Gasteiger partial charge in [0.25, 0.3) is 0 Å². The molecule has 0 spiro atoms. The number of carbonyl (C=O) groups excluding carboxylic acids is 1. The zero-order chi connectivity index (χ0) is 10.1. The summed E-state index contributed by atoms with van der Waals surface area (Å²) in [6.45, 7) is 0.771. The molecule has 0 aromatic heterocycles. The van der Waals surface area contributed by atoms with Crippen LogP contribution in [0.2, 0.25) is 0 Å².